The molecular formula is C36H26N2O8. The minimum Gasteiger partial charge on any atom is -0.478 e. The third-order valence-electron chi connectivity index (χ3n) is 8.02. The van der Waals surface area contributed by atoms with Crippen LogP contribution in [0.2, 0.25) is 0 Å². The Kier molecular flexibility index (Phi) is 7.85. The minimum atomic E-state index is -1.04. The number of aromatic carboxylic acids is 2. The zero-order chi connectivity index (χ0) is 32.5. The summed E-state index contributed by atoms with van der Waals surface area (Å²) in [6.45, 7) is 0. The Morgan fingerprint density at radius 3 is 0.826 bits per heavy atom. The van der Waals surface area contributed by atoms with Crippen LogP contribution in [-0.4, -0.2) is 55.6 Å². The van der Waals surface area contributed by atoms with E-state index < -0.39 is 35.6 Å². The number of hydrogen-bond acceptors (Lipinski definition) is 6. The van der Waals surface area contributed by atoms with Crippen LogP contribution in [0, 0.1) is 0 Å². The zero-order valence-electron chi connectivity index (χ0n) is 24.3. The number of carboxylic acid groups (broad SMARTS) is 2. The first kappa shape index (κ1) is 29.9. The lowest BCUT2D eigenvalue weighted by molar-refractivity contribution is -0.136. The monoisotopic (exact) mass is 614 g/mol. The average molecular weight is 615 g/mol. The Bertz CT molecular complexity index is 1770. The van der Waals surface area contributed by atoms with Gasteiger partial charge in [0.25, 0.3) is 0 Å². The van der Waals surface area contributed by atoms with Gasteiger partial charge in [-0.25, -0.2) is 19.4 Å². The molecule has 2 N–H and O–H groups in total. The molecule has 0 saturated carbocycles. The van der Waals surface area contributed by atoms with Crippen LogP contribution >= 0.6 is 0 Å². The topological polar surface area (TPSA) is 149 Å². The van der Waals surface area contributed by atoms with E-state index >= 15 is 0 Å². The van der Waals surface area contributed by atoms with Gasteiger partial charge in [0.2, 0.25) is 23.6 Å². The van der Waals surface area contributed by atoms with Gasteiger partial charge in [-0.3, -0.25) is 19.2 Å². The molecule has 4 amide bonds. The molecule has 2 fully saturated rings. The molecule has 10 heteroatoms. The molecule has 4 aromatic rings. The van der Waals surface area contributed by atoms with E-state index in [2.05, 4.69) is 0 Å². The Morgan fingerprint density at radius 1 is 0.391 bits per heavy atom. The predicted molar refractivity (Wildman–Crippen MR) is 167 cm³/mol. The fourth-order valence-electron chi connectivity index (χ4n) is 5.65. The van der Waals surface area contributed by atoms with Crippen LogP contribution in [0.5, 0.6) is 0 Å². The molecule has 0 unspecified atom stereocenters. The smallest absolute Gasteiger partial charge is 0.335 e. The van der Waals surface area contributed by atoms with Crippen LogP contribution in [0.15, 0.2) is 97.1 Å². The summed E-state index contributed by atoms with van der Waals surface area (Å²) in [5, 5.41) is 18.5. The zero-order valence-corrected chi connectivity index (χ0v) is 24.3. The van der Waals surface area contributed by atoms with E-state index in [1.807, 2.05) is 0 Å². The van der Waals surface area contributed by atoms with Crippen LogP contribution < -0.4 is 0 Å². The van der Waals surface area contributed by atoms with Gasteiger partial charge in [0.05, 0.1) is 22.5 Å². The molecule has 0 radical (unpaired) electrons. The summed E-state index contributed by atoms with van der Waals surface area (Å²) in [6.07, 6.45) is -0.0683. The highest BCUT2D eigenvalue weighted by atomic mass is 16.4. The van der Waals surface area contributed by atoms with Crippen LogP contribution in [0.4, 0.5) is 0 Å². The average Bonchev–Trinajstić information content (AvgIpc) is 3.58. The van der Waals surface area contributed by atoms with E-state index in [0.29, 0.717) is 11.1 Å². The fourth-order valence-corrected chi connectivity index (χ4v) is 5.65. The number of carboxylic acids is 2. The van der Waals surface area contributed by atoms with E-state index in [-0.39, 0.29) is 48.2 Å². The maximum absolute atomic E-state index is 13.2. The van der Waals surface area contributed by atoms with Crippen molar-refractivity contribution in [3.8, 4) is 22.3 Å². The number of benzene rings is 4. The van der Waals surface area contributed by atoms with Gasteiger partial charge < -0.3 is 10.2 Å². The van der Waals surface area contributed by atoms with Crippen molar-refractivity contribution in [3.05, 3.63) is 119 Å². The summed E-state index contributed by atoms with van der Waals surface area (Å²) in [5.41, 5.74) is 4.33. The van der Waals surface area contributed by atoms with Gasteiger partial charge in [-0.05, 0) is 46.5 Å². The van der Waals surface area contributed by atoms with Crippen molar-refractivity contribution in [2.45, 2.75) is 25.7 Å². The number of hydrogen-bond donors (Lipinski definition) is 2. The normalized spacial score (nSPS) is 15.4. The fraction of sp³-hybridized carbons (Fsp3) is 0.111. The second-order valence-corrected chi connectivity index (χ2v) is 10.9. The van der Waals surface area contributed by atoms with Gasteiger partial charge in [0.1, 0.15) is 0 Å². The van der Waals surface area contributed by atoms with Gasteiger partial charge in [0, 0.05) is 36.8 Å². The quantitative estimate of drug-likeness (QED) is 0.194. The van der Waals surface area contributed by atoms with E-state index in [1.54, 1.807) is 72.8 Å². The molecule has 2 heterocycles. The van der Waals surface area contributed by atoms with Crippen molar-refractivity contribution in [2.24, 2.45) is 0 Å². The maximum Gasteiger partial charge on any atom is 0.335 e. The van der Waals surface area contributed by atoms with E-state index in [1.165, 1.54) is 24.3 Å². The molecule has 0 bridgehead atoms. The molecule has 0 spiro atoms. The molecule has 228 valence electrons. The molecule has 2 aliphatic heterocycles. The van der Waals surface area contributed by atoms with Crippen LogP contribution in [-0.2, 0) is 19.2 Å². The minimum absolute atomic E-state index is 0.0171. The molecule has 6 rings (SSSR count). The molecule has 2 saturated heterocycles. The lowest BCUT2D eigenvalue weighted by Crippen LogP contribution is -2.34. The Morgan fingerprint density at radius 2 is 0.609 bits per heavy atom. The summed E-state index contributed by atoms with van der Waals surface area (Å²) in [4.78, 5) is 77.4. The largest absolute Gasteiger partial charge is 0.478 e. The van der Waals surface area contributed by atoms with E-state index in [0.717, 1.165) is 32.1 Å². The molecule has 0 atom stereocenters. The van der Waals surface area contributed by atoms with Crippen molar-refractivity contribution in [2.75, 3.05) is 0 Å². The summed E-state index contributed by atoms with van der Waals surface area (Å²) >= 11 is 0. The van der Waals surface area contributed by atoms with Gasteiger partial charge in [0.15, 0.2) is 0 Å². The Balaban J connectivity index is 1.50. The van der Waals surface area contributed by atoms with Crippen molar-refractivity contribution >= 4 is 47.0 Å². The number of rotatable bonds is 8. The molecule has 2 aliphatic rings. The summed E-state index contributed by atoms with van der Waals surface area (Å²) < 4.78 is 0. The van der Waals surface area contributed by atoms with Gasteiger partial charge in [-0.15, -0.1) is 0 Å². The number of imide groups is 2. The Hall–Kier alpha value is -6.16. The van der Waals surface area contributed by atoms with Gasteiger partial charge in [-0.2, -0.15) is 0 Å². The van der Waals surface area contributed by atoms with Gasteiger partial charge >= 0.3 is 11.9 Å². The number of likely N-dealkylation sites (tertiary alicyclic amines) is 2. The van der Waals surface area contributed by atoms with Crippen molar-refractivity contribution < 1.29 is 39.0 Å². The lowest BCUT2D eigenvalue weighted by Gasteiger charge is -2.28. The number of amides is 4. The highest BCUT2D eigenvalue weighted by Gasteiger charge is 2.40. The Labute approximate surface area is 262 Å². The first-order chi connectivity index (χ1) is 22.1. The van der Waals surface area contributed by atoms with Gasteiger partial charge in [-0.1, -0.05) is 72.8 Å². The lowest BCUT2D eigenvalue weighted by atomic mass is 9.97. The second kappa shape index (κ2) is 12.1. The van der Waals surface area contributed by atoms with Crippen molar-refractivity contribution in [1.82, 2.24) is 9.80 Å². The third kappa shape index (κ3) is 5.59. The standard InChI is InChI=1S/C36H26N2O8/c39-29-17-18-30(40)37(29)33(25-9-1-21(2-10-25)23-5-13-27(14-6-23)35(43)44)34(38-31(41)19-20-32(38)42)26-11-3-22(4-12-26)24-7-15-28(16-8-24)36(45)46/h1-16H,17-20H2,(H,43,44)(H,45,46). The first-order valence-electron chi connectivity index (χ1n) is 14.5. The maximum atomic E-state index is 13.2. The number of carbonyl (C=O) groups is 6. The summed E-state index contributed by atoms with van der Waals surface area (Å²) in [6, 6.07) is 26.4. The summed E-state index contributed by atoms with van der Waals surface area (Å²) in [7, 11) is 0. The van der Waals surface area contributed by atoms with Crippen LogP contribution in [0.1, 0.15) is 57.5 Å². The van der Waals surface area contributed by atoms with Crippen LogP contribution in [0.3, 0.4) is 0 Å². The molecule has 0 aliphatic carbocycles. The first-order valence-corrected chi connectivity index (χ1v) is 14.5. The number of nitrogens with zero attached hydrogens (tertiary/aromatic N) is 2. The molecule has 0 aromatic heterocycles. The predicted octanol–water partition coefficient (Wildman–Crippen LogP) is 5.54. The molecule has 4 aromatic carbocycles. The SMILES string of the molecule is O=C(O)c1ccc(-c2ccc(C(=C(c3ccc(-c4ccc(C(=O)O)cc4)cc3)N3C(=O)CCC3=O)N3C(=O)CCC3=O)cc2)cc1. The van der Waals surface area contributed by atoms with E-state index in [9.17, 15) is 39.0 Å². The van der Waals surface area contributed by atoms with Crippen molar-refractivity contribution in [3.63, 3.8) is 0 Å². The molecule has 10 nitrogen and oxygen atoms in total. The third-order valence-corrected chi connectivity index (χ3v) is 8.02. The summed E-state index contributed by atoms with van der Waals surface area (Å²) in [5.74, 6) is -3.92. The highest BCUT2D eigenvalue weighted by Crippen LogP contribution is 2.39. The second-order valence-electron chi connectivity index (χ2n) is 10.9. The highest BCUT2D eigenvalue weighted by molar-refractivity contribution is 6.18. The van der Waals surface area contributed by atoms with Crippen LogP contribution in [0.25, 0.3) is 33.6 Å². The number of carbonyl (C=O) groups excluding carboxylic acids is 4. The molecule has 46 heavy (non-hydrogen) atoms. The molecular weight excluding hydrogens is 588 g/mol. The van der Waals surface area contributed by atoms with Crippen molar-refractivity contribution in [1.29, 1.82) is 0 Å². The van der Waals surface area contributed by atoms with E-state index in [4.69, 9.17) is 0 Å².